The van der Waals surface area contributed by atoms with Crippen molar-refractivity contribution in [3.05, 3.63) is 150 Å². The van der Waals surface area contributed by atoms with E-state index in [0.717, 1.165) is 60.9 Å². The van der Waals surface area contributed by atoms with E-state index < -0.39 is 0 Å². The van der Waals surface area contributed by atoms with Crippen molar-refractivity contribution in [2.75, 3.05) is 0 Å². The van der Waals surface area contributed by atoms with Crippen LogP contribution in [0.5, 0.6) is 0 Å². The Labute approximate surface area is 282 Å². The van der Waals surface area contributed by atoms with E-state index in [1.165, 1.54) is 27.8 Å². The minimum atomic E-state index is 0. The Morgan fingerprint density at radius 1 is 0.630 bits per heavy atom. The van der Waals surface area contributed by atoms with E-state index in [2.05, 4.69) is 109 Å². The largest absolute Gasteiger partial charge is 0.498 e. The van der Waals surface area contributed by atoms with Crippen LogP contribution >= 0.6 is 0 Å². The van der Waals surface area contributed by atoms with Gasteiger partial charge in [-0.1, -0.05) is 95.7 Å². The molecule has 8 aromatic rings. The number of nitrogens with zero attached hydrogens (tertiary/aromatic N) is 3. The maximum absolute atomic E-state index is 6.25. The van der Waals surface area contributed by atoms with Gasteiger partial charge in [-0.15, -0.1) is 47.5 Å². The van der Waals surface area contributed by atoms with Gasteiger partial charge in [-0.2, -0.15) is 0 Å². The van der Waals surface area contributed by atoms with Crippen LogP contribution in [0.1, 0.15) is 22.3 Å². The molecule has 4 nitrogen and oxygen atoms in total. The second-order valence-corrected chi connectivity index (χ2v) is 11.4. The molecular weight excluding hydrogens is 743 g/mol. The number of aromatic nitrogens is 3. The van der Waals surface area contributed by atoms with Gasteiger partial charge in [0, 0.05) is 49.5 Å². The molecule has 0 aliphatic rings. The van der Waals surface area contributed by atoms with Gasteiger partial charge >= 0.3 is 0 Å². The Balaban J connectivity index is 0.000000160. The quantitative estimate of drug-likeness (QED) is 0.168. The fraction of sp³-hybridized carbons (Fsp3) is 0.0976. The fourth-order valence-corrected chi connectivity index (χ4v) is 5.56. The van der Waals surface area contributed by atoms with E-state index in [1.807, 2.05) is 55.7 Å². The summed E-state index contributed by atoms with van der Waals surface area (Å²) in [5, 5.41) is 3.20. The molecule has 0 amide bonds. The van der Waals surface area contributed by atoms with Gasteiger partial charge in [-0.05, 0) is 54.9 Å². The van der Waals surface area contributed by atoms with Gasteiger partial charge in [-0.25, -0.2) is 0 Å². The number of fused-ring (bicyclic) bond motifs is 5. The second kappa shape index (κ2) is 13.2. The van der Waals surface area contributed by atoms with Crippen LogP contribution in [0.2, 0.25) is 0 Å². The molecule has 1 radical (unpaired) electrons. The van der Waals surface area contributed by atoms with Gasteiger partial charge in [0.05, 0.1) is 5.58 Å². The summed E-state index contributed by atoms with van der Waals surface area (Å²) in [7, 11) is 0. The van der Waals surface area contributed by atoms with E-state index in [9.17, 15) is 0 Å². The fourth-order valence-electron chi connectivity index (χ4n) is 5.56. The van der Waals surface area contributed by atoms with E-state index in [1.54, 1.807) is 6.20 Å². The number of aryl methyl sites for hydroxylation is 4. The minimum Gasteiger partial charge on any atom is -0.498 e. The molecule has 0 fully saturated rings. The van der Waals surface area contributed by atoms with Gasteiger partial charge in [0.1, 0.15) is 11.1 Å². The van der Waals surface area contributed by atoms with Crippen molar-refractivity contribution < 1.29 is 24.5 Å². The van der Waals surface area contributed by atoms with Crippen LogP contribution in [0, 0.1) is 39.8 Å². The van der Waals surface area contributed by atoms with Crippen molar-refractivity contribution >= 4 is 32.8 Å². The summed E-state index contributed by atoms with van der Waals surface area (Å²) in [6.45, 7) is 8.35. The third kappa shape index (κ3) is 6.00. The zero-order valence-corrected chi connectivity index (χ0v) is 28.4. The number of rotatable bonds is 3. The molecule has 0 atom stereocenters. The van der Waals surface area contributed by atoms with Crippen LogP contribution in [0.3, 0.4) is 0 Å². The molecule has 0 N–H and O–H groups in total. The van der Waals surface area contributed by atoms with Gasteiger partial charge in [0.15, 0.2) is 0 Å². The number of hydrogen-bond donors (Lipinski definition) is 0. The van der Waals surface area contributed by atoms with Crippen molar-refractivity contribution in [2.45, 2.75) is 27.7 Å². The van der Waals surface area contributed by atoms with Gasteiger partial charge in [0.25, 0.3) is 0 Å². The standard InChI is InChI=1S/C21H13N2O.C20H18N.Ir/c1-13-7-10-18(23-12-13)17-6-2-5-15-16-9-8-14-4-3-11-22-19(14)21(16)24-20(15)17;1-14-9-10-18(20-11-15(2)16(3)13-21-20)12-19(14)17-7-5-4-6-8-17;/h2-5,7-12H,1H3;4-9,11-13H,1-3H3;/q2*-1;. The summed E-state index contributed by atoms with van der Waals surface area (Å²) < 4.78 is 6.25. The summed E-state index contributed by atoms with van der Waals surface area (Å²) >= 11 is 0. The van der Waals surface area contributed by atoms with Crippen molar-refractivity contribution in [1.82, 2.24) is 15.0 Å². The minimum absolute atomic E-state index is 0. The molecule has 0 unspecified atom stereocenters. The first-order valence-corrected chi connectivity index (χ1v) is 15.0. The molecule has 4 heterocycles. The van der Waals surface area contributed by atoms with E-state index in [4.69, 9.17) is 4.42 Å². The van der Waals surface area contributed by atoms with Crippen LogP contribution < -0.4 is 0 Å². The summed E-state index contributed by atoms with van der Waals surface area (Å²) in [4.78, 5) is 13.6. The van der Waals surface area contributed by atoms with Crippen LogP contribution in [-0.4, -0.2) is 15.0 Å². The third-order valence-corrected chi connectivity index (χ3v) is 8.23. The van der Waals surface area contributed by atoms with Crippen LogP contribution in [0.25, 0.3) is 66.5 Å². The Bertz CT molecular complexity index is 2310. The van der Waals surface area contributed by atoms with Crippen LogP contribution in [0.4, 0.5) is 0 Å². The normalized spacial score (nSPS) is 10.9. The van der Waals surface area contributed by atoms with Crippen molar-refractivity contribution in [3.8, 4) is 33.6 Å². The molecule has 5 heteroatoms. The molecule has 0 bridgehead atoms. The van der Waals surface area contributed by atoms with Crippen molar-refractivity contribution in [3.63, 3.8) is 0 Å². The summed E-state index contributed by atoms with van der Waals surface area (Å²) in [5.74, 6) is 0. The number of pyridine rings is 3. The topological polar surface area (TPSA) is 51.8 Å². The molecule has 0 spiro atoms. The molecule has 46 heavy (non-hydrogen) atoms. The molecule has 8 rings (SSSR count). The van der Waals surface area contributed by atoms with Gasteiger partial charge in [-0.3, -0.25) is 4.98 Å². The average molecular weight is 774 g/mol. The Morgan fingerprint density at radius 3 is 2.22 bits per heavy atom. The maximum Gasteiger partial charge on any atom is 0.147 e. The molecule has 0 saturated carbocycles. The number of furan rings is 1. The van der Waals surface area contributed by atoms with E-state index in [-0.39, 0.29) is 20.1 Å². The Kier molecular flexibility index (Phi) is 8.89. The molecule has 4 aromatic carbocycles. The zero-order valence-electron chi connectivity index (χ0n) is 26.1. The summed E-state index contributed by atoms with van der Waals surface area (Å²) in [5.41, 5.74) is 13.6. The van der Waals surface area contributed by atoms with Crippen molar-refractivity contribution in [2.24, 2.45) is 0 Å². The maximum atomic E-state index is 6.25. The number of hydrogen-bond acceptors (Lipinski definition) is 4. The SMILES string of the molecule is Cc1ccc(-c2[c-]ccc3c2oc2c3ccc3cccnc32)nc1.Cc1cnc(-c2[c-]cc(C)c(-c3ccccc3)c2)cc1C.[Ir]. The van der Waals surface area contributed by atoms with Crippen LogP contribution in [0.15, 0.2) is 120 Å². The summed E-state index contributed by atoms with van der Waals surface area (Å²) in [6, 6.07) is 39.6. The summed E-state index contributed by atoms with van der Waals surface area (Å²) in [6.07, 6.45) is 5.59. The molecular formula is C41H31IrN3O-2. The van der Waals surface area contributed by atoms with Crippen LogP contribution in [-0.2, 0) is 20.1 Å². The van der Waals surface area contributed by atoms with E-state index in [0.29, 0.717) is 0 Å². The van der Waals surface area contributed by atoms with Gasteiger partial charge < -0.3 is 14.4 Å². The van der Waals surface area contributed by atoms with E-state index >= 15 is 0 Å². The Hall–Kier alpha value is -4.96. The molecule has 0 saturated heterocycles. The Morgan fingerprint density at radius 2 is 1.43 bits per heavy atom. The molecule has 227 valence electrons. The van der Waals surface area contributed by atoms with Crippen molar-refractivity contribution in [1.29, 1.82) is 0 Å². The third-order valence-electron chi connectivity index (χ3n) is 8.23. The molecule has 4 aromatic heterocycles. The second-order valence-electron chi connectivity index (χ2n) is 11.4. The number of benzene rings is 4. The first-order chi connectivity index (χ1) is 22.0. The first-order valence-electron chi connectivity index (χ1n) is 15.0. The zero-order chi connectivity index (χ0) is 30.9. The first kappa shape index (κ1) is 31.0. The smallest absolute Gasteiger partial charge is 0.147 e. The molecule has 0 aliphatic carbocycles. The average Bonchev–Trinajstić information content (AvgIpc) is 3.47. The predicted octanol–water partition coefficient (Wildman–Crippen LogP) is 10.4. The predicted molar refractivity (Wildman–Crippen MR) is 184 cm³/mol. The molecule has 0 aliphatic heterocycles. The monoisotopic (exact) mass is 774 g/mol. The van der Waals surface area contributed by atoms with Gasteiger partial charge in [0.2, 0.25) is 0 Å².